The van der Waals surface area contributed by atoms with Crippen LogP contribution in [0.4, 0.5) is 0 Å². The van der Waals surface area contributed by atoms with E-state index >= 15 is 0 Å². The van der Waals surface area contributed by atoms with Crippen LogP contribution in [0.25, 0.3) is 0 Å². The first-order chi connectivity index (χ1) is 7.70. The van der Waals surface area contributed by atoms with Gasteiger partial charge in [-0.15, -0.1) is 0 Å². The number of carbonyl (C=O) groups excluding carboxylic acids is 1. The molecule has 0 saturated heterocycles. The average Bonchev–Trinajstić information content (AvgIpc) is 2.78. The summed E-state index contributed by atoms with van der Waals surface area (Å²) in [5, 5.41) is 3.73. The molecule has 1 heterocycles. The van der Waals surface area contributed by atoms with Crippen molar-refractivity contribution in [1.29, 1.82) is 0 Å². The van der Waals surface area contributed by atoms with Crippen molar-refractivity contribution in [1.82, 2.24) is 0 Å². The summed E-state index contributed by atoms with van der Waals surface area (Å²) in [6.07, 6.45) is 0.296. The highest BCUT2D eigenvalue weighted by molar-refractivity contribution is 6.36. The van der Waals surface area contributed by atoms with Crippen LogP contribution in [-0.2, 0) is 14.4 Å². The molecule has 0 spiro atoms. The summed E-state index contributed by atoms with van der Waals surface area (Å²) >= 11 is 0. The number of hydrogen-bond donors (Lipinski definition) is 0. The van der Waals surface area contributed by atoms with Crippen molar-refractivity contribution in [3.8, 4) is 0 Å². The van der Waals surface area contributed by atoms with Crippen LogP contribution in [-0.4, -0.2) is 18.8 Å². The molecule has 1 aromatic carbocycles. The van der Waals surface area contributed by atoms with Crippen LogP contribution in [0.15, 0.2) is 29.4 Å². The molecule has 0 saturated carbocycles. The van der Waals surface area contributed by atoms with Crippen LogP contribution in [0.1, 0.15) is 23.7 Å². The first-order valence-corrected chi connectivity index (χ1v) is 5.08. The molecule has 1 unspecified atom stereocenters. The van der Waals surface area contributed by atoms with Gasteiger partial charge in [0.1, 0.15) is 0 Å². The molecular formula is C12H13NO3. The number of oxime groups is 1. The van der Waals surface area contributed by atoms with Crippen molar-refractivity contribution >= 4 is 11.7 Å². The van der Waals surface area contributed by atoms with E-state index in [9.17, 15) is 4.79 Å². The lowest BCUT2D eigenvalue weighted by molar-refractivity contribution is -0.132. The van der Waals surface area contributed by atoms with Gasteiger partial charge in [0.2, 0.25) is 0 Å². The van der Waals surface area contributed by atoms with E-state index in [1.54, 1.807) is 0 Å². The number of methoxy groups -OCH3 is 1. The summed E-state index contributed by atoms with van der Waals surface area (Å²) in [4.78, 5) is 16.4. The second-order valence-electron chi connectivity index (χ2n) is 3.74. The smallest absolute Gasteiger partial charge is 0.355 e. The Balaban J connectivity index is 2.06. The fourth-order valence-electron chi connectivity index (χ4n) is 1.58. The predicted octanol–water partition coefficient (Wildman–Crippen LogP) is 1.99. The Morgan fingerprint density at radius 2 is 2.12 bits per heavy atom. The van der Waals surface area contributed by atoms with Crippen LogP contribution < -0.4 is 0 Å². The number of nitrogens with zero attached hydrogens (tertiary/aromatic N) is 1. The summed E-state index contributed by atoms with van der Waals surface area (Å²) < 4.78 is 4.59. The van der Waals surface area contributed by atoms with Gasteiger partial charge < -0.3 is 9.57 Å². The number of hydrogen-bond acceptors (Lipinski definition) is 4. The maximum atomic E-state index is 11.2. The molecule has 0 amide bonds. The zero-order valence-electron chi connectivity index (χ0n) is 9.27. The van der Waals surface area contributed by atoms with Gasteiger partial charge in [0.15, 0.2) is 11.8 Å². The van der Waals surface area contributed by atoms with Gasteiger partial charge in [0, 0.05) is 6.42 Å². The first-order valence-electron chi connectivity index (χ1n) is 5.08. The minimum atomic E-state index is -0.422. The Hall–Kier alpha value is -1.84. The molecule has 0 bridgehead atoms. The monoisotopic (exact) mass is 219 g/mol. The first kappa shape index (κ1) is 10.7. The van der Waals surface area contributed by atoms with E-state index in [0.717, 1.165) is 5.56 Å². The second-order valence-corrected chi connectivity index (χ2v) is 3.74. The highest BCUT2D eigenvalue weighted by Gasteiger charge is 2.27. The van der Waals surface area contributed by atoms with Gasteiger partial charge in [-0.3, -0.25) is 0 Å². The van der Waals surface area contributed by atoms with Gasteiger partial charge >= 0.3 is 5.97 Å². The summed E-state index contributed by atoms with van der Waals surface area (Å²) in [5.41, 5.74) is 2.55. The lowest BCUT2D eigenvalue weighted by Crippen LogP contribution is -2.14. The second kappa shape index (κ2) is 4.35. The molecule has 0 N–H and O–H groups in total. The standard InChI is InChI=1S/C12H13NO3/c1-8-3-5-9(6-4-8)11-7-10(13-16-11)12(14)15-2/h3-6,11H,7H2,1-2H3. The van der Waals surface area contributed by atoms with E-state index < -0.39 is 5.97 Å². The molecule has 0 fully saturated rings. The van der Waals surface area contributed by atoms with Crippen LogP contribution in [0.3, 0.4) is 0 Å². The van der Waals surface area contributed by atoms with E-state index in [1.165, 1.54) is 12.7 Å². The molecule has 0 radical (unpaired) electrons. The fourth-order valence-corrected chi connectivity index (χ4v) is 1.58. The number of benzene rings is 1. The molecule has 4 nitrogen and oxygen atoms in total. The van der Waals surface area contributed by atoms with Crippen molar-refractivity contribution in [2.24, 2.45) is 5.16 Å². The van der Waals surface area contributed by atoms with Crippen molar-refractivity contribution in [3.63, 3.8) is 0 Å². The lowest BCUT2D eigenvalue weighted by Gasteiger charge is -2.07. The summed E-state index contributed by atoms with van der Waals surface area (Å²) in [6, 6.07) is 7.98. The van der Waals surface area contributed by atoms with Gasteiger partial charge in [-0.2, -0.15) is 0 Å². The fraction of sp³-hybridized carbons (Fsp3) is 0.333. The molecule has 0 aromatic heterocycles. The van der Waals surface area contributed by atoms with Crippen LogP contribution in [0.2, 0.25) is 0 Å². The Labute approximate surface area is 93.9 Å². The Morgan fingerprint density at radius 1 is 1.44 bits per heavy atom. The van der Waals surface area contributed by atoms with Gasteiger partial charge in [0.25, 0.3) is 0 Å². The Morgan fingerprint density at radius 3 is 2.75 bits per heavy atom. The van der Waals surface area contributed by atoms with Gasteiger partial charge in [-0.25, -0.2) is 4.79 Å². The molecule has 1 aliphatic heterocycles. The van der Waals surface area contributed by atoms with E-state index in [-0.39, 0.29) is 6.10 Å². The third-order valence-corrected chi connectivity index (χ3v) is 2.54. The predicted molar refractivity (Wildman–Crippen MR) is 59.1 cm³/mol. The van der Waals surface area contributed by atoms with E-state index in [1.807, 2.05) is 31.2 Å². The third-order valence-electron chi connectivity index (χ3n) is 2.54. The normalized spacial score (nSPS) is 18.9. The van der Waals surface area contributed by atoms with Gasteiger partial charge in [0.05, 0.1) is 7.11 Å². The molecule has 1 aliphatic rings. The summed E-state index contributed by atoms with van der Waals surface area (Å²) in [7, 11) is 1.34. The molecule has 4 heteroatoms. The van der Waals surface area contributed by atoms with Crippen LogP contribution >= 0.6 is 0 Å². The number of rotatable bonds is 2. The number of aryl methyl sites for hydroxylation is 1. The van der Waals surface area contributed by atoms with Crippen LogP contribution in [0.5, 0.6) is 0 Å². The van der Waals surface area contributed by atoms with Crippen molar-refractivity contribution in [2.75, 3.05) is 7.11 Å². The minimum Gasteiger partial charge on any atom is -0.464 e. The molecule has 1 aromatic rings. The Kier molecular flexibility index (Phi) is 2.90. The number of esters is 1. The molecule has 84 valence electrons. The zero-order valence-corrected chi connectivity index (χ0v) is 9.27. The molecular weight excluding hydrogens is 206 g/mol. The lowest BCUT2D eigenvalue weighted by atomic mass is 10.0. The van der Waals surface area contributed by atoms with Crippen molar-refractivity contribution < 1.29 is 14.4 Å². The van der Waals surface area contributed by atoms with E-state index in [0.29, 0.717) is 12.1 Å². The topological polar surface area (TPSA) is 47.9 Å². The highest BCUT2D eigenvalue weighted by Crippen LogP contribution is 2.27. The number of ether oxygens (including phenoxy) is 1. The summed E-state index contributed by atoms with van der Waals surface area (Å²) in [5.74, 6) is -0.422. The molecule has 0 aliphatic carbocycles. The Bertz CT molecular complexity index is 422. The minimum absolute atomic E-state index is 0.172. The zero-order chi connectivity index (χ0) is 11.5. The van der Waals surface area contributed by atoms with Crippen LogP contribution in [0, 0.1) is 6.92 Å². The van der Waals surface area contributed by atoms with E-state index in [4.69, 9.17) is 4.84 Å². The number of carbonyl (C=O) groups is 1. The molecule has 16 heavy (non-hydrogen) atoms. The third kappa shape index (κ3) is 2.05. The average molecular weight is 219 g/mol. The maximum absolute atomic E-state index is 11.2. The molecule has 2 rings (SSSR count). The maximum Gasteiger partial charge on any atom is 0.355 e. The highest BCUT2D eigenvalue weighted by atomic mass is 16.6. The van der Waals surface area contributed by atoms with Gasteiger partial charge in [-0.1, -0.05) is 35.0 Å². The van der Waals surface area contributed by atoms with Gasteiger partial charge in [-0.05, 0) is 12.5 Å². The van der Waals surface area contributed by atoms with E-state index in [2.05, 4.69) is 9.89 Å². The largest absolute Gasteiger partial charge is 0.464 e. The quantitative estimate of drug-likeness (QED) is 0.714. The molecule has 1 atom stereocenters. The summed E-state index contributed by atoms with van der Waals surface area (Å²) in [6.45, 7) is 2.02. The van der Waals surface area contributed by atoms with Crippen molar-refractivity contribution in [2.45, 2.75) is 19.4 Å². The SMILES string of the molecule is COC(=O)C1=NOC(c2ccc(C)cc2)C1. The van der Waals surface area contributed by atoms with Crippen molar-refractivity contribution in [3.05, 3.63) is 35.4 Å².